The molecule has 2 saturated heterocycles. The Balaban J connectivity index is 1.61. The molecule has 8 heteroatoms. The van der Waals surface area contributed by atoms with E-state index in [-0.39, 0.29) is 5.91 Å². The van der Waals surface area contributed by atoms with Crippen molar-refractivity contribution in [1.82, 2.24) is 5.32 Å². The van der Waals surface area contributed by atoms with Crippen LogP contribution in [0.15, 0.2) is 24.3 Å². The summed E-state index contributed by atoms with van der Waals surface area (Å²) in [6, 6.07) is 7.35. The first-order chi connectivity index (χ1) is 13.4. The zero-order valence-electron chi connectivity index (χ0n) is 16.1. The molecule has 1 aromatic rings. The number of fused-ring (bicyclic) bond motifs is 1. The fourth-order valence-corrected chi connectivity index (χ4v) is 4.71. The number of alkyl halides is 3. The van der Waals surface area contributed by atoms with Gasteiger partial charge in [0.1, 0.15) is 5.75 Å². The number of benzene rings is 1. The summed E-state index contributed by atoms with van der Waals surface area (Å²) in [5, 5.41) is 2.72. The van der Waals surface area contributed by atoms with Crippen molar-refractivity contribution in [3.8, 4) is 5.75 Å². The summed E-state index contributed by atoms with van der Waals surface area (Å²) in [4.78, 5) is 14.2. The van der Waals surface area contributed by atoms with E-state index in [4.69, 9.17) is 44.3 Å². The van der Waals surface area contributed by atoms with Gasteiger partial charge in [-0.05, 0) is 56.4 Å². The van der Waals surface area contributed by atoms with E-state index < -0.39 is 10.0 Å². The summed E-state index contributed by atoms with van der Waals surface area (Å²) in [6.45, 7) is 2.96. The predicted octanol–water partition coefficient (Wildman–Crippen LogP) is 2.99. The molecule has 2 heterocycles. The van der Waals surface area contributed by atoms with Crippen LogP contribution in [0.4, 0.5) is 0 Å². The second-order valence-electron chi connectivity index (χ2n) is 7.62. The summed E-state index contributed by atoms with van der Waals surface area (Å²) in [6.07, 6.45) is 5.09. The lowest BCUT2D eigenvalue weighted by Crippen LogP contribution is -3.18. The van der Waals surface area contributed by atoms with Crippen LogP contribution in [0.25, 0.3) is 0 Å². The highest BCUT2D eigenvalue weighted by Crippen LogP contribution is 2.32. The van der Waals surface area contributed by atoms with E-state index in [9.17, 15) is 4.79 Å². The molecule has 0 saturated carbocycles. The van der Waals surface area contributed by atoms with Crippen molar-refractivity contribution in [2.45, 2.75) is 48.2 Å². The molecule has 5 nitrogen and oxygen atoms in total. The number of hydrogen-bond acceptors (Lipinski definition) is 3. The third-order valence-electron chi connectivity index (χ3n) is 5.82. The van der Waals surface area contributed by atoms with Crippen molar-refractivity contribution in [3.05, 3.63) is 29.8 Å². The van der Waals surface area contributed by atoms with Crippen molar-refractivity contribution in [1.29, 1.82) is 0 Å². The van der Waals surface area contributed by atoms with Gasteiger partial charge in [-0.2, -0.15) is 0 Å². The van der Waals surface area contributed by atoms with Crippen LogP contribution in [-0.2, 0) is 4.74 Å². The molecule has 1 aromatic carbocycles. The number of hydrogen-bond donors (Lipinski definition) is 2. The van der Waals surface area contributed by atoms with E-state index in [0.717, 1.165) is 6.42 Å². The molecular weight excluding hydrogens is 423 g/mol. The third kappa shape index (κ3) is 5.67. The molecule has 156 valence electrons. The SMILES string of the molecule is COc1ccc(C(=O)N[C@H](OC[C@H]2CCC[NH+]3CCCC[C@H]23)C(Cl)(Cl)Cl)cc1. The number of methoxy groups -OCH3 is 1. The number of carbonyl (C=O) groups excluding carboxylic acids is 1. The summed E-state index contributed by atoms with van der Waals surface area (Å²) in [5.74, 6) is 0.742. The molecule has 4 atom stereocenters. The van der Waals surface area contributed by atoms with Crippen LogP contribution < -0.4 is 15.0 Å². The molecule has 3 rings (SSSR count). The molecule has 2 aliphatic heterocycles. The number of piperidine rings is 2. The van der Waals surface area contributed by atoms with E-state index in [1.54, 1.807) is 36.3 Å². The van der Waals surface area contributed by atoms with Gasteiger partial charge in [0, 0.05) is 11.5 Å². The molecule has 0 aliphatic carbocycles. The average molecular weight is 451 g/mol. The lowest BCUT2D eigenvalue weighted by atomic mass is 9.84. The largest absolute Gasteiger partial charge is 0.497 e. The normalized spacial score (nSPS) is 26.2. The van der Waals surface area contributed by atoms with Crippen LogP contribution >= 0.6 is 34.8 Å². The van der Waals surface area contributed by atoms with Crippen LogP contribution in [0.2, 0.25) is 0 Å². The number of amides is 1. The minimum atomic E-state index is -1.75. The van der Waals surface area contributed by atoms with Crippen molar-refractivity contribution < 1.29 is 19.2 Å². The summed E-state index contributed by atoms with van der Waals surface area (Å²) in [5.41, 5.74) is 0.448. The monoisotopic (exact) mass is 449 g/mol. The van der Waals surface area contributed by atoms with E-state index >= 15 is 0 Å². The standard InChI is InChI=1S/C20H27Cl3N2O3/c1-27-16-9-7-14(8-10-16)18(26)24-19(20(21,22)23)28-13-15-5-4-12-25-11-3-2-6-17(15)25/h7-10,15,17,19H,2-6,11-13H2,1H3,(H,24,26)/p+1/t15-,17-,19-/m1/s1. The molecule has 2 fully saturated rings. The van der Waals surface area contributed by atoms with Gasteiger partial charge in [-0.15, -0.1) is 0 Å². The van der Waals surface area contributed by atoms with Gasteiger partial charge in [-0.25, -0.2) is 0 Å². The quantitative estimate of drug-likeness (QED) is 0.517. The molecular formula is C20H28Cl3N2O3+. The zero-order chi connectivity index (χ0) is 20.1. The van der Waals surface area contributed by atoms with E-state index in [0.29, 0.717) is 29.9 Å². The predicted molar refractivity (Wildman–Crippen MR) is 112 cm³/mol. The third-order valence-corrected chi connectivity index (χ3v) is 6.41. The Kier molecular flexibility index (Phi) is 7.74. The van der Waals surface area contributed by atoms with Crippen molar-refractivity contribution in [2.24, 2.45) is 5.92 Å². The number of quaternary nitrogens is 1. The van der Waals surface area contributed by atoms with Gasteiger partial charge < -0.3 is 19.7 Å². The summed E-state index contributed by atoms with van der Waals surface area (Å²) in [7, 11) is 1.57. The minimum Gasteiger partial charge on any atom is -0.497 e. The topological polar surface area (TPSA) is 52.0 Å². The van der Waals surface area contributed by atoms with Crippen LogP contribution in [-0.4, -0.2) is 48.8 Å². The first-order valence-corrected chi connectivity index (χ1v) is 11.0. The van der Waals surface area contributed by atoms with Gasteiger partial charge in [-0.1, -0.05) is 34.8 Å². The van der Waals surface area contributed by atoms with Crippen molar-refractivity contribution in [2.75, 3.05) is 26.8 Å². The van der Waals surface area contributed by atoms with Gasteiger partial charge in [0.2, 0.25) is 3.79 Å². The van der Waals surface area contributed by atoms with Crippen molar-refractivity contribution >= 4 is 40.7 Å². The molecule has 0 bridgehead atoms. The number of nitrogens with one attached hydrogen (secondary N) is 2. The second-order valence-corrected chi connectivity index (χ2v) is 9.99. The Labute approximate surface area is 181 Å². The van der Waals surface area contributed by atoms with Gasteiger partial charge in [-0.3, -0.25) is 4.79 Å². The first kappa shape index (κ1) is 22.0. The Morgan fingerprint density at radius 3 is 2.57 bits per heavy atom. The summed E-state index contributed by atoms with van der Waals surface area (Å²) < 4.78 is 9.32. The van der Waals surface area contributed by atoms with Gasteiger partial charge >= 0.3 is 0 Å². The fourth-order valence-electron chi connectivity index (χ4n) is 4.36. The minimum absolute atomic E-state index is 0.354. The first-order valence-electron chi connectivity index (χ1n) is 9.86. The maximum atomic E-state index is 12.6. The van der Waals surface area contributed by atoms with Crippen molar-refractivity contribution in [3.63, 3.8) is 0 Å². The maximum absolute atomic E-state index is 12.6. The second kappa shape index (κ2) is 9.86. The van der Waals surface area contributed by atoms with Gasteiger partial charge in [0.05, 0.1) is 32.8 Å². The highest BCUT2D eigenvalue weighted by Gasteiger charge is 2.40. The van der Waals surface area contributed by atoms with Crippen LogP contribution in [0.1, 0.15) is 42.5 Å². The Morgan fingerprint density at radius 1 is 1.18 bits per heavy atom. The Bertz CT molecular complexity index is 649. The van der Waals surface area contributed by atoms with Crippen LogP contribution in [0, 0.1) is 5.92 Å². The lowest BCUT2D eigenvalue weighted by Gasteiger charge is -2.41. The molecule has 0 aromatic heterocycles. The van der Waals surface area contributed by atoms with E-state index in [1.165, 1.54) is 38.8 Å². The number of rotatable bonds is 6. The molecule has 1 unspecified atom stereocenters. The highest BCUT2D eigenvalue weighted by molar-refractivity contribution is 6.68. The molecule has 2 N–H and O–H groups in total. The Hall–Kier alpha value is -0.720. The molecule has 0 radical (unpaired) electrons. The summed E-state index contributed by atoms with van der Waals surface area (Å²) >= 11 is 18.3. The number of ether oxygens (including phenoxy) is 2. The zero-order valence-corrected chi connectivity index (χ0v) is 18.3. The van der Waals surface area contributed by atoms with Crippen LogP contribution in [0.5, 0.6) is 5.75 Å². The van der Waals surface area contributed by atoms with Gasteiger partial charge in [0.25, 0.3) is 5.91 Å². The van der Waals surface area contributed by atoms with Crippen LogP contribution in [0.3, 0.4) is 0 Å². The molecule has 0 spiro atoms. The molecule has 28 heavy (non-hydrogen) atoms. The number of halogens is 3. The average Bonchev–Trinajstić information content (AvgIpc) is 2.70. The van der Waals surface area contributed by atoms with E-state index in [2.05, 4.69) is 5.32 Å². The molecule has 2 aliphatic rings. The highest BCUT2D eigenvalue weighted by atomic mass is 35.6. The Morgan fingerprint density at radius 2 is 1.89 bits per heavy atom. The molecule has 1 amide bonds. The number of carbonyl (C=O) groups is 1. The van der Waals surface area contributed by atoms with E-state index in [1.807, 2.05) is 0 Å². The fraction of sp³-hybridized carbons (Fsp3) is 0.650. The smallest absolute Gasteiger partial charge is 0.253 e. The van der Waals surface area contributed by atoms with Gasteiger partial charge in [0.15, 0.2) is 6.23 Å². The maximum Gasteiger partial charge on any atom is 0.253 e. The lowest BCUT2D eigenvalue weighted by molar-refractivity contribution is -0.940.